The summed E-state index contributed by atoms with van der Waals surface area (Å²) in [7, 11) is 0. The minimum atomic E-state index is 0.474. The van der Waals surface area contributed by atoms with Gasteiger partial charge in [-0.05, 0) is 0 Å². The summed E-state index contributed by atoms with van der Waals surface area (Å²) in [5, 5.41) is 7.40. The quantitative estimate of drug-likeness (QED) is 0.473. The van der Waals surface area contributed by atoms with Crippen molar-refractivity contribution < 1.29 is 4.74 Å². The first kappa shape index (κ1) is 5.34. The highest BCUT2D eigenvalue weighted by atomic mass is 16.5. The lowest BCUT2D eigenvalue weighted by Gasteiger charge is -1.96. The molecule has 0 fully saturated rings. The molecule has 10 heavy (non-hydrogen) atoms. The van der Waals surface area contributed by atoms with Crippen molar-refractivity contribution in [2.45, 2.75) is 0 Å². The predicted molar refractivity (Wildman–Crippen MR) is 38.5 cm³/mol. The molecule has 0 aromatic carbocycles. The van der Waals surface area contributed by atoms with E-state index in [1.54, 1.807) is 18.6 Å². The summed E-state index contributed by atoms with van der Waals surface area (Å²) in [6.07, 6.45) is 4.99. The molecule has 0 aliphatic carbocycles. The number of aliphatic imine (C=N–C) groups is 1. The number of hydrogen-bond acceptors (Lipinski definition) is 4. The number of fused-ring (bicyclic) bond motifs is 1. The second-order valence-electron chi connectivity index (χ2n) is 1.88. The largest absolute Gasteiger partial charge is 0.470 e. The van der Waals surface area contributed by atoms with Crippen LogP contribution in [0.25, 0.3) is 0 Å². The normalized spacial score (nSPS) is 20.8. The van der Waals surface area contributed by atoms with Crippen molar-refractivity contribution in [2.24, 2.45) is 15.2 Å². The van der Waals surface area contributed by atoms with E-state index in [1.807, 2.05) is 0 Å². The average Bonchev–Trinajstić information content (AvgIpc) is 2.28. The van der Waals surface area contributed by atoms with Crippen molar-refractivity contribution in [1.82, 2.24) is 0 Å². The number of nitrogens with zero attached hydrogens (tertiary/aromatic N) is 3. The van der Waals surface area contributed by atoms with E-state index in [0.29, 0.717) is 12.5 Å². The lowest BCUT2D eigenvalue weighted by atomic mass is 10.3. The summed E-state index contributed by atoms with van der Waals surface area (Å²) in [5.41, 5.74) is 0.841. The van der Waals surface area contributed by atoms with Gasteiger partial charge in [0.05, 0.1) is 11.8 Å². The maximum Gasteiger partial charge on any atom is 0.244 e. The molecule has 0 spiro atoms. The molecule has 0 N–H and O–H groups in total. The van der Waals surface area contributed by atoms with E-state index in [1.165, 1.54) is 0 Å². The SMILES string of the molecule is C1=NC=C2C=NN=C2OC1. The summed E-state index contributed by atoms with van der Waals surface area (Å²) in [5.74, 6) is 0.567. The lowest BCUT2D eigenvalue weighted by molar-refractivity contribution is 0.371. The summed E-state index contributed by atoms with van der Waals surface area (Å²) < 4.78 is 5.13. The fourth-order valence-corrected chi connectivity index (χ4v) is 0.749. The Balaban J connectivity index is 2.36. The third-order valence-electron chi connectivity index (χ3n) is 1.21. The summed E-state index contributed by atoms with van der Waals surface area (Å²) >= 11 is 0. The number of hydrogen-bond donors (Lipinski definition) is 0. The van der Waals surface area contributed by atoms with E-state index in [4.69, 9.17) is 4.74 Å². The van der Waals surface area contributed by atoms with Crippen LogP contribution in [0.15, 0.2) is 27.0 Å². The molecule has 0 bridgehead atoms. The van der Waals surface area contributed by atoms with Crippen LogP contribution in [-0.4, -0.2) is 24.9 Å². The smallest absolute Gasteiger partial charge is 0.244 e. The van der Waals surface area contributed by atoms with Crippen LogP contribution in [0.1, 0.15) is 0 Å². The van der Waals surface area contributed by atoms with E-state index in [0.717, 1.165) is 5.57 Å². The van der Waals surface area contributed by atoms with Gasteiger partial charge in [-0.3, -0.25) is 4.99 Å². The van der Waals surface area contributed by atoms with Crippen LogP contribution in [0, 0.1) is 0 Å². The summed E-state index contributed by atoms with van der Waals surface area (Å²) in [4.78, 5) is 3.93. The molecule has 0 atom stereocenters. The van der Waals surface area contributed by atoms with Crippen molar-refractivity contribution in [3.05, 3.63) is 11.8 Å². The van der Waals surface area contributed by atoms with Crippen molar-refractivity contribution in [2.75, 3.05) is 6.61 Å². The Bertz CT molecular complexity index is 262. The van der Waals surface area contributed by atoms with Crippen LogP contribution in [0.3, 0.4) is 0 Å². The van der Waals surface area contributed by atoms with Crippen LogP contribution >= 0.6 is 0 Å². The Morgan fingerprint density at radius 1 is 1.50 bits per heavy atom. The topological polar surface area (TPSA) is 46.3 Å². The molecule has 0 aromatic rings. The monoisotopic (exact) mass is 135 g/mol. The fraction of sp³-hybridized carbons (Fsp3) is 0.167. The Labute approximate surface area is 57.6 Å². The maximum absolute atomic E-state index is 5.13. The van der Waals surface area contributed by atoms with Gasteiger partial charge in [0.2, 0.25) is 5.90 Å². The Morgan fingerprint density at radius 3 is 3.50 bits per heavy atom. The predicted octanol–water partition coefficient (Wildman–Crippen LogP) is 0.369. The first-order chi connectivity index (χ1) is 4.97. The second-order valence-corrected chi connectivity index (χ2v) is 1.88. The fourth-order valence-electron chi connectivity index (χ4n) is 0.749. The van der Waals surface area contributed by atoms with Gasteiger partial charge < -0.3 is 4.74 Å². The van der Waals surface area contributed by atoms with E-state index in [-0.39, 0.29) is 0 Å². The third-order valence-corrected chi connectivity index (χ3v) is 1.21. The molecule has 0 saturated carbocycles. The molecule has 2 aliphatic rings. The minimum absolute atomic E-state index is 0.474. The molecule has 0 radical (unpaired) electrons. The molecule has 0 unspecified atom stereocenters. The van der Waals surface area contributed by atoms with Crippen molar-refractivity contribution in [1.29, 1.82) is 0 Å². The molecule has 0 amide bonds. The van der Waals surface area contributed by atoms with Gasteiger partial charge in [-0.25, -0.2) is 0 Å². The zero-order valence-electron chi connectivity index (χ0n) is 5.19. The summed E-state index contributed by atoms with van der Waals surface area (Å²) in [6.45, 7) is 0.474. The van der Waals surface area contributed by atoms with Crippen LogP contribution in [-0.2, 0) is 4.74 Å². The Morgan fingerprint density at radius 2 is 2.50 bits per heavy atom. The van der Waals surface area contributed by atoms with Crippen molar-refractivity contribution in [3.8, 4) is 0 Å². The average molecular weight is 135 g/mol. The van der Waals surface area contributed by atoms with E-state index in [2.05, 4.69) is 15.2 Å². The first-order valence-electron chi connectivity index (χ1n) is 2.93. The van der Waals surface area contributed by atoms with Gasteiger partial charge in [-0.2, -0.15) is 5.10 Å². The Hall–Kier alpha value is -1.45. The van der Waals surface area contributed by atoms with Gasteiger partial charge in [0.1, 0.15) is 6.61 Å². The zero-order chi connectivity index (χ0) is 6.81. The van der Waals surface area contributed by atoms with Gasteiger partial charge in [-0.1, -0.05) is 0 Å². The van der Waals surface area contributed by atoms with Gasteiger partial charge in [-0.15, -0.1) is 5.10 Å². The van der Waals surface area contributed by atoms with Gasteiger partial charge >= 0.3 is 0 Å². The molecular weight excluding hydrogens is 130 g/mol. The molecule has 4 heteroatoms. The molecule has 0 saturated heterocycles. The maximum atomic E-state index is 5.13. The Kier molecular flexibility index (Phi) is 1.10. The number of rotatable bonds is 0. The first-order valence-corrected chi connectivity index (χ1v) is 2.93. The second kappa shape index (κ2) is 2.06. The zero-order valence-corrected chi connectivity index (χ0v) is 5.19. The molecule has 2 aliphatic heterocycles. The molecule has 0 aromatic heterocycles. The summed E-state index contributed by atoms with van der Waals surface area (Å²) in [6, 6.07) is 0. The van der Waals surface area contributed by atoms with Crippen LogP contribution in [0.5, 0.6) is 0 Å². The molecule has 50 valence electrons. The number of ether oxygens (including phenoxy) is 1. The highest BCUT2D eigenvalue weighted by Crippen LogP contribution is 2.06. The molecule has 2 rings (SSSR count). The standard InChI is InChI=1S/C6H5N3O/c1-2-10-6-5(3-7-1)4-8-9-6/h1,3-4H,2H2. The minimum Gasteiger partial charge on any atom is -0.470 e. The third kappa shape index (κ3) is 0.737. The van der Waals surface area contributed by atoms with Crippen LogP contribution < -0.4 is 0 Å². The van der Waals surface area contributed by atoms with Gasteiger partial charge in [0, 0.05) is 12.4 Å². The van der Waals surface area contributed by atoms with E-state index < -0.39 is 0 Å². The van der Waals surface area contributed by atoms with Crippen LogP contribution in [0.4, 0.5) is 0 Å². The highest BCUT2D eigenvalue weighted by molar-refractivity contribution is 6.15. The van der Waals surface area contributed by atoms with Crippen molar-refractivity contribution >= 4 is 18.3 Å². The van der Waals surface area contributed by atoms with Gasteiger partial charge in [0.25, 0.3) is 0 Å². The van der Waals surface area contributed by atoms with Crippen LogP contribution in [0.2, 0.25) is 0 Å². The highest BCUT2D eigenvalue weighted by Gasteiger charge is 2.12. The van der Waals surface area contributed by atoms with E-state index >= 15 is 0 Å². The lowest BCUT2D eigenvalue weighted by Crippen LogP contribution is -2.05. The van der Waals surface area contributed by atoms with Gasteiger partial charge in [0.15, 0.2) is 0 Å². The molecular formula is C6H5N3O. The van der Waals surface area contributed by atoms with E-state index in [9.17, 15) is 0 Å². The molecule has 4 nitrogen and oxygen atoms in total. The van der Waals surface area contributed by atoms with Crippen molar-refractivity contribution in [3.63, 3.8) is 0 Å². The molecule has 2 heterocycles.